The van der Waals surface area contributed by atoms with Crippen LogP contribution in [0.1, 0.15) is 29.9 Å². The zero-order valence-electron chi connectivity index (χ0n) is 17.0. The summed E-state index contributed by atoms with van der Waals surface area (Å²) in [7, 11) is 0. The number of furan rings is 1. The third kappa shape index (κ3) is 4.11. The molecular weight excluding hydrogens is 453 g/mol. The van der Waals surface area contributed by atoms with Gasteiger partial charge >= 0.3 is 0 Å². The van der Waals surface area contributed by atoms with Crippen molar-refractivity contribution in [2.24, 2.45) is 0 Å². The summed E-state index contributed by atoms with van der Waals surface area (Å²) in [5, 5.41) is 11.5. The molecule has 1 aromatic heterocycles. The molecule has 1 atom stereocenters. The van der Waals surface area contributed by atoms with Gasteiger partial charge in [0.2, 0.25) is 0 Å². The molecule has 1 fully saturated rings. The maximum Gasteiger partial charge on any atom is 0.296 e. The molecular formula is C24H19Cl2NO5. The molecule has 1 aliphatic rings. The van der Waals surface area contributed by atoms with Crippen molar-refractivity contribution < 1.29 is 23.8 Å². The molecule has 3 aromatic rings. The average molecular weight is 472 g/mol. The Kier molecular flexibility index (Phi) is 6.26. The number of likely N-dealkylation sites (tertiary alicyclic amines) is 1. The first-order valence-electron chi connectivity index (χ1n) is 9.89. The van der Waals surface area contributed by atoms with Crippen molar-refractivity contribution in [2.75, 3.05) is 6.61 Å². The number of halogens is 2. The van der Waals surface area contributed by atoms with Crippen LogP contribution in [0.4, 0.5) is 0 Å². The molecule has 2 aromatic carbocycles. The highest BCUT2D eigenvalue weighted by Gasteiger charge is 2.47. The van der Waals surface area contributed by atoms with Crippen LogP contribution in [0.3, 0.4) is 0 Å². The van der Waals surface area contributed by atoms with E-state index in [4.69, 9.17) is 32.4 Å². The van der Waals surface area contributed by atoms with Crippen LogP contribution in [0.15, 0.2) is 70.9 Å². The minimum absolute atomic E-state index is 0.0747. The molecule has 0 saturated carbocycles. The average Bonchev–Trinajstić information content (AvgIpc) is 3.39. The van der Waals surface area contributed by atoms with Crippen LogP contribution in [-0.4, -0.2) is 28.3 Å². The topological polar surface area (TPSA) is 80.0 Å². The summed E-state index contributed by atoms with van der Waals surface area (Å²) >= 11 is 12.0. The van der Waals surface area contributed by atoms with E-state index in [-0.39, 0.29) is 28.5 Å². The fraction of sp³-hybridized carbons (Fsp3) is 0.167. The Morgan fingerprint density at radius 2 is 1.84 bits per heavy atom. The number of amides is 1. The molecule has 1 saturated heterocycles. The number of hydrogen-bond acceptors (Lipinski definition) is 5. The van der Waals surface area contributed by atoms with E-state index < -0.39 is 17.7 Å². The quantitative estimate of drug-likeness (QED) is 0.287. The number of ketones is 1. The molecule has 1 unspecified atom stereocenters. The number of nitrogens with zero attached hydrogens (tertiary/aromatic N) is 1. The highest BCUT2D eigenvalue weighted by atomic mass is 35.5. The maximum atomic E-state index is 13.0. The second-order valence-electron chi connectivity index (χ2n) is 7.15. The zero-order valence-corrected chi connectivity index (χ0v) is 18.6. The van der Waals surface area contributed by atoms with Crippen molar-refractivity contribution in [3.63, 3.8) is 0 Å². The predicted octanol–water partition coefficient (Wildman–Crippen LogP) is 5.61. The van der Waals surface area contributed by atoms with Gasteiger partial charge < -0.3 is 19.2 Å². The number of ether oxygens (including phenoxy) is 1. The van der Waals surface area contributed by atoms with Crippen molar-refractivity contribution >= 4 is 40.7 Å². The number of rotatable bonds is 6. The summed E-state index contributed by atoms with van der Waals surface area (Å²) < 4.78 is 11.0. The first-order chi connectivity index (χ1) is 15.4. The largest absolute Gasteiger partial charge is 0.507 e. The highest BCUT2D eigenvalue weighted by Crippen LogP contribution is 2.41. The minimum Gasteiger partial charge on any atom is -0.507 e. The van der Waals surface area contributed by atoms with Crippen molar-refractivity contribution in [1.29, 1.82) is 0 Å². The van der Waals surface area contributed by atoms with E-state index in [9.17, 15) is 14.7 Å². The fourth-order valence-corrected chi connectivity index (χ4v) is 3.94. The Morgan fingerprint density at radius 3 is 2.47 bits per heavy atom. The van der Waals surface area contributed by atoms with Crippen LogP contribution in [0.2, 0.25) is 10.0 Å². The minimum atomic E-state index is -0.897. The van der Waals surface area contributed by atoms with Gasteiger partial charge in [0.1, 0.15) is 23.3 Å². The number of carbonyl (C=O) groups is 2. The molecule has 1 aliphatic heterocycles. The number of hydrogen-bond donors (Lipinski definition) is 1. The number of aliphatic hydroxyl groups is 1. The second kappa shape index (κ2) is 9.10. The lowest BCUT2D eigenvalue weighted by atomic mass is 9.99. The zero-order chi connectivity index (χ0) is 22.8. The molecule has 4 rings (SSSR count). The van der Waals surface area contributed by atoms with Crippen LogP contribution in [0.25, 0.3) is 5.76 Å². The first-order valence-corrected chi connectivity index (χ1v) is 10.6. The number of Topliss-reactive ketones (excluding diaryl/α,β-unsaturated/α-hetero) is 1. The van der Waals surface area contributed by atoms with Gasteiger partial charge in [-0.2, -0.15) is 0 Å². The normalized spacial score (nSPS) is 17.7. The first kappa shape index (κ1) is 22.0. The van der Waals surface area contributed by atoms with Crippen LogP contribution >= 0.6 is 23.2 Å². The van der Waals surface area contributed by atoms with Gasteiger partial charge in [-0.15, -0.1) is 0 Å². The molecule has 2 heterocycles. The van der Waals surface area contributed by atoms with E-state index in [1.807, 2.05) is 19.1 Å². The number of aliphatic hydroxyl groups excluding tert-OH is 1. The third-order valence-corrected chi connectivity index (χ3v) is 5.87. The summed E-state index contributed by atoms with van der Waals surface area (Å²) in [6, 6.07) is 14.1. The predicted molar refractivity (Wildman–Crippen MR) is 121 cm³/mol. The molecule has 0 radical (unpaired) electrons. The Morgan fingerprint density at radius 1 is 1.09 bits per heavy atom. The van der Waals surface area contributed by atoms with Crippen molar-refractivity contribution in [3.05, 3.63) is 93.4 Å². The number of carbonyl (C=O) groups excluding carboxylic acids is 2. The summed E-state index contributed by atoms with van der Waals surface area (Å²) in [6.45, 7) is 2.58. The summed E-state index contributed by atoms with van der Waals surface area (Å²) in [6.07, 6.45) is 1.45. The van der Waals surface area contributed by atoms with Gasteiger partial charge in [0.05, 0.1) is 28.5 Å². The molecule has 1 N–H and O–H groups in total. The molecule has 1 amide bonds. The molecule has 164 valence electrons. The Labute approximate surface area is 194 Å². The van der Waals surface area contributed by atoms with E-state index in [0.717, 1.165) is 5.56 Å². The van der Waals surface area contributed by atoms with Crippen LogP contribution in [0, 0.1) is 0 Å². The molecule has 32 heavy (non-hydrogen) atoms. The van der Waals surface area contributed by atoms with E-state index in [0.29, 0.717) is 23.1 Å². The summed E-state index contributed by atoms with van der Waals surface area (Å²) in [5.74, 6) is -0.822. The Bertz CT molecular complexity index is 1190. The lowest BCUT2D eigenvalue weighted by molar-refractivity contribution is -0.140. The lowest BCUT2D eigenvalue weighted by Crippen LogP contribution is -2.29. The fourth-order valence-electron chi connectivity index (χ4n) is 3.64. The summed E-state index contributed by atoms with van der Waals surface area (Å²) in [5.41, 5.74) is 0.991. The lowest BCUT2D eigenvalue weighted by Gasteiger charge is -2.23. The monoisotopic (exact) mass is 471 g/mol. The van der Waals surface area contributed by atoms with Gasteiger partial charge in [0.15, 0.2) is 0 Å². The molecule has 0 spiro atoms. The van der Waals surface area contributed by atoms with Crippen LogP contribution < -0.4 is 4.74 Å². The van der Waals surface area contributed by atoms with Crippen LogP contribution in [0.5, 0.6) is 5.75 Å². The highest BCUT2D eigenvalue weighted by molar-refractivity contribution is 6.46. The molecule has 8 heteroatoms. The second-order valence-corrected chi connectivity index (χ2v) is 7.96. The smallest absolute Gasteiger partial charge is 0.296 e. The Balaban J connectivity index is 1.76. The van der Waals surface area contributed by atoms with Gasteiger partial charge in [-0.3, -0.25) is 9.59 Å². The van der Waals surface area contributed by atoms with E-state index in [1.54, 1.807) is 24.3 Å². The maximum absolute atomic E-state index is 13.0. The SMILES string of the molecule is CCOc1ccc(CN2C(=O)C(=O)/C(=C(\O)c3ccc(Cl)c(Cl)c3)C2c2ccco2)cc1. The Hall–Kier alpha value is -3.22. The van der Waals surface area contributed by atoms with E-state index in [1.165, 1.54) is 29.4 Å². The standard InChI is InChI=1S/C24H19Cl2NO5/c1-2-31-16-8-5-14(6-9-16)13-27-21(19-4-3-11-32-19)20(23(29)24(27)30)22(28)15-7-10-17(25)18(26)12-15/h3-12,21,28H,2,13H2,1H3/b22-20-. The van der Waals surface area contributed by atoms with Gasteiger partial charge in [0.25, 0.3) is 11.7 Å². The van der Waals surface area contributed by atoms with Gasteiger partial charge in [-0.1, -0.05) is 35.3 Å². The van der Waals surface area contributed by atoms with Crippen molar-refractivity contribution in [3.8, 4) is 5.75 Å². The number of benzene rings is 2. The van der Waals surface area contributed by atoms with Crippen LogP contribution in [-0.2, 0) is 16.1 Å². The van der Waals surface area contributed by atoms with Crippen molar-refractivity contribution in [1.82, 2.24) is 4.90 Å². The summed E-state index contributed by atoms with van der Waals surface area (Å²) in [4.78, 5) is 27.3. The van der Waals surface area contributed by atoms with Crippen molar-refractivity contribution in [2.45, 2.75) is 19.5 Å². The van der Waals surface area contributed by atoms with Gasteiger partial charge in [0, 0.05) is 12.1 Å². The van der Waals surface area contributed by atoms with Gasteiger partial charge in [-0.05, 0) is 55.0 Å². The molecule has 6 nitrogen and oxygen atoms in total. The molecule has 0 bridgehead atoms. The van der Waals surface area contributed by atoms with E-state index in [2.05, 4.69) is 0 Å². The third-order valence-electron chi connectivity index (χ3n) is 5.13. The molecule has 0 aliphatic carbocycles. The van der Waals surface area contributed by atoms with E-state index >= 15 is 0 Å². The van der Waals surface area contributed by atoms with Gasteiger partial charge in [-0.25, -0.2) is 0 Å².